The number of benzene rings is 2. The summed E-state index contributed by atoms with van der Waals surface area (Å²) in [5, 5.41) is 7.74. The van der Waals surface area contributed by atoms with Crippen molar-refractivity contribution in [2.45, 2.75) is 6.54 Å². The van der Waals surface area contributed by atoms with Crippen LogP contribution >= 0.6 is 0 Å². The lowest BCUT2D eigenvalue weighted by molar-refractivity contribution is 0.480. The van der Waals surface area contributed by atoms with E-state index in [-0.39, 0.29) is 12.1 Å². The zero-order chi connectivity index (χ0) is 19.5. The monoisotopic (exact) mass is 369 g/mol. The van der Waals surface area contributed by atoms with Crippen LogP contribution in [0.25, 0.3) is 26.7 Å². The molecule has 136 valence electrons. The fraction of sp³-hybridized carbons (Fsp3) is 0.0476. The maximum Gasteiger partial charge on any atom is 0.272 e. The van der Waals surface area contributed by atoms with Crippen LogP contribution in [0.2, 0.25) is 0 Å². The van der Waals surface area contributed by atoms with E-state index in [0.29, 0.717) is 33.7 Å². The lowest BCUT2D eigenvalue weighted by Gasteiger charge is -2.09. The molecule has 0 aliphatic heterocycles. The third-order valence-electron chi connectivity index (χ3n) is 4.31. The van der Waals surface area contributed by atoms with E-state index in [2.05, 4.69) is 20.0 Å². The van der Waals surface area contributed by atoms with E-state index >= 15 is 0 Å². The largest absolute Gasteiger partial charge is 0.456 e. The summed E-state index contributed by atoms with van der Waals surface area (Å²) < 4.78 is 5.84. The molecule has 0 atom stereocenters. The Bertz CT molecular complexity index is 1260. The summed E-state index contributed by atoms with van der Waals surface area (Å²) in [6, 6.07) is 14.2. The van der Waals surface area contributed by atoms with E-state index in [1.165, 1.54) is 0 Å². The van der Waals surface area contributed by atoms with Crippen molar-refractivity contribution >= 4 is 16.5 Å². The van der Waals surface area contributed by atoms with Gasteiger partial charge in [0.2, 0.25) is 0 Å². The maximum absolute atomic E-state index is 12.0. The summed E-state index contributed by atoms with van der Waals surface area (Å²) in [5.41, 5.74) is 8.37. The highest BCUT2D eigenvalue weighted by Gasteiger charge is 2.09. The Kier molecular flexibility index (Phi) is 4.54. The van der Waals surface area contributed by atoms with Crippen molar-refractivity contribution in [3.8, 4) is 22.6 Å². The SMILES string of the molecule is [C-]#[N+]c1ccc(Oc2cncc(-c3ccc4c(=O)[nH]nc(CN)c4c3)c2)cc1. The molecule has 2 aromatic heterocycles. The maximum atomic E-state index is 12.0. The molecule has 0 fully saturated rings. The Labute approximate surface area is 160 Å². The van der Waals surface area contributed by atoms with Crippen molar-refractivity contribution in [3.05, 3.63) is 88.4 Å². The minimum absolute atomic E-state index is 0.221. The lowest BCUT2D eigenvalue weighted by atomic mass is 10.0. The highest BCUT2D eigenvalue weighted by Crippen LogP contribution is 2.29. The summed E-state index contributed by atoms with van der Waals surface area (Å²) in [7, 11) is 0. The number of hydrogen-bond acceptors (Lipinski definition) is 5. The predicted molar refractivity (Wildman–Crippen MR) is 106 cm³/mol. The van der Waals surface area contributed by atoms with Gasteiger partial charge < -0.3 is 10.5 Å². The molecule has 0 aliphatic carbocycles. The van der Waals surface area contributed by atoms with Crippen LogP contribution in [0.15, 0.2) is 65.7 Å². The Balaban J connectivity index is 1.70. The minimum atomic E-state index is -0.253. The first-order valence-corrected chi connectivity index (χ1v) is 8.50. The summed E-state index contributed by atoms with van der Waals surface area (Å²) in [4.78, 5) is 19.6. The number of aromatic amines is 1. The Morgan fingerprint density at radius 3 is 2.57 bits per heavy atom. The number of aromatic nitrogens is 3. The third-order valence-corrected chi connectivity index (χ3v) is 4.31. The summed E-state index contributed by atoms with van der Waals surface area (Å²) >= 11 is 0. The van der Waals surface area contributed by atoms with Gasteiger partial charge in [0.05, 0.1) is 23.8 Å². The molecule has 3 N–H and O–H groups in total. The number of nitrogens with zero attached hydrogens (tertiary/aromatic N) is 3. The summed E-state index contributed by atoms with van der Waals surface area (Å²) in [6.45, 7) is 7.22. The van der Waals surface area contributed by atoms with E-state index in [9.17, 15) is 4.79 Å². The summed E-state index contributed by atoms with van der Waals surface area (Å²) in [5.74, 6) is 1.18. The van der Waals surface area contributed by atoms with Gasteiger partial charge in [-0.05, 0) is 35.9 Å². The smallest absolute Gasteiger partial charge is 0.272 e. The first-order chi connectivity index (χ1) is 13.7. The molecule has 0 spiro atoms. The fourth-order valence-corrected chi connectivity index (χ4v) is 2.91. The van der Waals surface area contributed by atoms with E-state index in [1.807, 2.05) is 18.2 Å². The van der Waals surface area contributed by atoms with Gasteiger partial charge in [-0.25, -0.2) is 9.94 Å². The minimum Gasteiger partial charge on any atom is -0.456 e. The van der Waals surface area contributed by atoms with Gasteiger partial charge in [-0.1, -0.05) is 18.2 Å². The van der Waals surface area contributed by atoms with Gasteiger partial charge in [0.1, 0.15) is 11.5 Å². The van der Waals surface area contributed by atoms with Crippen molar-refractivity contribution in [1.82, 2.24) is 15.2 Å². The first kappa shape index (κ1) is 17.4. The van der Waals surface area contributed by atoms with Crippen LogP contribution < -0.4 is 16.0 Å². The second kappa shape index (κ2) is 7.31. The number of nitrogens with two attached hydrogens (primary N) is 1. The molecule has 7 nitrogen and oxygen atoms in total. The predicted octanol–water partition coefficient (Wildman–Crippen LogP) is 3.79. The molecule has 0 amide bonds. The van der Waals surface area contributed by atoms with Crippen molar-refractivity contribution in [2.24, 2.45) is 5.73 Å². The topological polar surface area (TPSA) is 98.2 Å². The zero-order valence-corrected chi connectivity index (χ0v) is 14.7. The van der Waals surface area contributed by atoms with Crippen molar-refractivity contribution in [2.75, 3.05) is 0 Å². The first-order valence-electron chi connectivity index (χ1n) is 8.50. The highest BCUT2D eigenvalue weighted by atomic mass is 16.5. The van der Waals surface area contributed by atoms with Crippen LogP contribution in [0.3, 0.4) is 0 Å². The molecule has 0 radical (unpaired) electrons. The van der Waals surface area contributed by atoms with Gasteiger partial charge in [-0.2, -0.15) is 5.10 Å². The molecule has 0 bridgehead atoms. The average Bonchev–Trinajstić information content (AvgIpc) is 2.74. The van der Waals surface area contributed by atoms with Crippen LogP contribution in [-0.2, 0) is 6.54 Å². The molecular formula is C21H15N5O2. The Hall–Kier alpha value is -4.02. The zero-order valence-electron chi connectivity index (χ0n) is 14.7. The number of ether oxygens (including phenoxy) is 1. The van der Waals surface area contributed by atoms with Crippen molar-refractivity contribution < 1.29 is 4.74 Å². The molecule has 2 heterocycles. The molecule has 7 heteroatoms. The number of rotatable bonds is 4. The number of H-pyrrole nitrogens is 1. The molecule has 0 aliphatic rings. The molecule has 0 saturated heterocycles. The number of hydrogen-bond donors (Lipinski definition) is 2. The Morgan fingerprint density at radius 2 is 1.82 bits per heavy atom. The molecular weight excluding hydrogens is 354 g/mol. The van der Waals surface area contributed by atoms with Gasteiger partial charge >= 0.3 is 0 Å². The molecule has 4 rings (SSSR count). The molecule has 0 unspecified atom stereocenters. The van der Waals surface area contributed by atoms with E-state index in [1.54, 1.807) is 42.7 Å². The van der Waals surface area contributed by atoms with Gasteiger partial charge in [0, 0.05) is 23.7 Å². The van der Waals surface area contributed by atoms with Gasteiger partial charge in [-0.3, -0.25) is 9.78 Å². The third kappa shape index (κ3) is 3.32. The second-order valence-corrected chi connectivity index (χ2v) is 6.08. The highest BCUT2D eigenvalue weighted by molar-refractivity contribution is 5.88. The van der Waals surface area contributed by atoms with Crippen molar-refractivity contribution in [1.29, 1.82) is 0 Å². The fourth-order valence-electron chi connectivity index (χ4n) is 2.91. The van der Waals surface area contributed by atoms with Crippen LogP contribution in [0, 0.1) is 6.57 Å². The van der Waals surface area contributed by atoms with Gasteiger partial charge in [0.15, 0.2) is 5.69 Å². The van der Waals surface area contributed by atoms with Crippen molar-refractivity contribution in [3.63, 3.8) is 0 Å². The number of pyridine rings is 1. The second-order valence-electron chi connectivity index (χ2n) is 6.08. The van der Waals surface area contributed by atoms with Gasteiger partial charge in [0.25, 0.3) is 5.56 Å². The number of fused-ring (bicyclic) bond motifs is 1. The van der Waals surface area contributed by atoms with E-state index < -0.39 is 0 Å². The normalized spacial score (nSPS) is 10.6. The Morgan fingerprint density at radius 1 is 1.00 bits per heavy atom. The van der Waals surface area contributed by atoms with Crippen LogP contribution in [0.1, 0.15) is 5.69 Å². The van der Waals surface area contributed by atoms with Crippen LogP contribution in [-0.4, -0.2) is 15.2 Å². The molecule has 0 saturated carbocycles. The quantitative estimate of drug-likeness (QED) is 0.533. The standard InChI is InChI=1S/C21H15N5O2/c1-23-15-3-5-16(6-4-15)28-17-8-14(11-24-12-17)13-2-7-18-19(9-13)20(10-22)25-26-21(18)27/h2-9,11-12H,10,22H2,(H,26,27). The average molecular weight is 369 g/mol. The van der Waals surface area contributed by atoms with E-state index in [0.717, 1.165) is 11.1 Å². The lowest BCUT2D eigenvalue weighted by Crippen LogP contribution is -2.13. The van der Waals surface area contributed by atoms with Crippen LogP contribution in [0.4, 0.5) is 5.69 Å². The molecule has 2 aromatic carbocycles. The molecule has 28 heavy (non-hydrogen) atoms. The molecule has 4 aromatic rings. The number of nitrogens with one attached hydrogen (secondary N) is 1. The van der Waals surface area contributed by atoms with E-state index in [4.69, 9.17) is 17.0 Å². The van der Waals surface area contributed by atoms with Gasteiger partial charge in [-0.15, -0.1) is 0 Å². The van der Waals surface area contributed by atoms with Crippen LogP contribution in [0.5, 0.6) is 11.5 Å². The summed E-state index contributed by atoms with van der Waals surface area (Å²) in [6.07, 6.45) is 3.34.